The summed E-state index contributed by atoms with van der Waals surface area (Å²) < 4.78 is 5.81. The molecule has 4 rings (SSSR count). The molecule has 2 heterocycles. The van der Waals surface area contributed by atoms with Gasteiger partial charge in [-0.15, -0.1) is 0 Å². The van der Waals surface area contributed by atoms with Crippen LogP contribution in [0.5, 0.6) is 0 Å². The number of aromatic nitrogens is 1. The van der Waals surface area contributed by atoms with E-state index in [1.165, 1.54) is 6.07 Å². The summed E-state index contributed by atoms with van der Waals surface area (Å²) in [4.78, 5) is 16.8. The summed E-state index contributed by atoms with van der Waals surface area (Å²) in [7, 11) is 0. The van der Waals surface area contributed by atoms with Crippen LogP contribution in [0.3, 0.4) is 0 Å². The van der Waals surface area contributed by atoms with E-state index in [2.05, 4.69) is 4.98 Å². The zero-order valence-electron chi connectivity index (χ0n) is 11.4. The van der Waals surface area contributed by atoms with Crippen molar-refractivity contribution in [3.05, 3.63) is 75.9 Å². The lowest BCUT2D eigenvalue weighted by molar-refractivity contribution is 0.616. The normalized spacial score (nSPS) is 11.1. The predicted octanol–water partition coefficient (Wildman–Crippen LogP) is 4.66. The van der Waals surface area contributed by atoms with E-state index in [9.17, 15) is 4.79 Å². The first-order chi connectivity index (χ1) is 10.7. The molecule has 0 aliphatic heterocycles. The Labute approximate surface area is 130 Å². The molecule has 0 saturated carbocycles. The third kappa shape index (κ3) is 2.16. The van der Waals surface area contributed by atoms with E-state index < -0.39 is 0 Å². The standard InChI is InChI=1S/C18H10ClNO2/c19-12-6-8-17-13(9-12)16(21)10-18(22-17)15-7-5-11-3-1-2-4-14(11)20-15/h1-10H. The van der Waals surface area contributed by atoms with Gasteiger partial charge < -0.3 is 4.42 Å². The van der Waals surface area contributed by atoms with Gasteiger partial charge in [0.25, 0.3) is 0 Å². The summed E-state index contributed by atoms with van der Waals surface area (Å²) in [6, 6.07) is 18.1. The summed E-state index contributed by atoms with van der Waals surface area (Å²) in [5, 5.41) is 2.02. The SMILES string of the molecule is O=c1cc(-c2ccc3ccccc3n2)oc2ccc(Cl)cc12. The molecule has 4 heteroatoms. The van der Waals surface area contributed by atoms with Crippen LogP contribution in [0, 0.1) is 0 Å². The Balaban J connectivity index is 1.96. The van der Waals surface area contributed by atoms with Gasteiger partial charge in [-0.3, -0.25) is 4.79 Å². The average molecular weight is 308 g/mol. The summed E-state index contributed by atoms with van der Waals surface area (Å²) in [6.45, 7) is 0. The smallest absolute Gasteiger partial charge is 0.193 e. The maximum Gasteiger partial charge on any atom is 0.193 e. The van der Waals surface area contributed by atoms with Crippen molar-refractivity contribution in [2.75, 3.05) is 0 Å². The van der Waals surface area contributed by atoms with Crippen LogP contribution in [0.2, 0.25) is 5.02 Å². The van der Waals surface area contributed by atoms with E-state index in [-0.39, 0.29) is 5.43 Å². The molecule has 0 N–H and O–H groups in total. The van der Waals surface area contributed by atoms with Gasteiger partial charge >= 0.3 is 0 Å². The zero-order chi connectivity index (χ0) is 15.1. The molecule has 0 amide bonds. The highest BCUT2D eigenvalue weighted by atomic mass is 35.5. The van der Waals surface area contributed by atoms with Crippen molar-refractivity contribution in [1.29, 1.82) is 0 Å². The lowest BCUT2D eigenvalue weighted by Gasteiger charge is -2.04. The molecule has 106 valence electrons. The minimum atomic E-state index is -0.131. The van der Waals surface area contributed by atoms with Crippen molar-refractivity contribution in [2.45, 2.75) is 0 Å². The predicted molar refractivity (Wildman–Crippen MR) is 88.2 cm³/mol. The number of rotatable bonds is 1. The van der Waals surface area contributed by atoms with Crippen LogP contribution in [0.4, 0.5) is 0 Å². The number of hydrogen-bond acceptors (Lipinski definition) is 3. The average Bonchev–Trinajstić information content (AvgIpc) is 2.55. The highest BCUT2D eigenvalue weighted by molar-refractivity contribution is 6.31. The van der Waals surface area contributed by atoms with Crippen molar-refractivity contribution in [3.8, 4) is 11.5 Å². The van der Waals surface area contributed by atoms with Crippen LogP contribution in [-0.4, -0.2) is 4.98 Å². The first kappa shape index (κ1) is 13.0. The lowest BCUT2D eigenvalue weighted by Crippen LogP contribution is -2.00. The summed E-state index contributed by atoms with van der Waals surface area (Å²) in [5.74, 6) is 0.450. The number of benzene rings is 2. The van der Waals surface area contributed by atoms with E-state index in [1.807, 2.05) is 36.4 Å². The summed E-state index contributed by atoms with van der Waals surface area (Å²) >= 11 is 5.92. The molecule has 0 saturated heterocycles. The monoisotopic (exact) mass is 307 g/mol. The Morgan fingerprint density at radius 1 is 0.955 bits per heavy atom. The lowest BCUT2D eigenvalue weighted by atomic mass is 10.1. The molecule has 0 unspecified atom stereocenters. The van der Waals surface area contributed by atoms with Gasteiger partial charge in [0.05, 0.1) is 10.9 Å². The Bertz CT molecular complexity index is 1070. The van der Waals surface area contributed by atoms with E-state index >= 15 is 0 Å². The number of pyridine rings is 1. The van der Waals surface area contributed by atoms with Crippen LogP contribution in [0.1, 0.15) is 0 Å². The van der Waals surface area contributed by atoms with Gasteiger partial charge in [-0.2, -0.15) is 0 Å². The van der Waals surface area contributed by atoms with E-state index in [1.54, 1.807) is 18.2 Å². The highest BCUT2D eigenvalue weighted by Crippen LogP contribution is 2.24. The minimum Gasteiger partial charge on any atom is -0.454 e. The van der Waals surface area contributed by atoms with Crippen LogP contribution in [0.15, 0.2) is 69.9 Å². The van der Waals surface area contributed by atoms with Crippen molar-refractivity contribution in [3.63, 3.8) is 0 Å². The molecule has 0 radical (unpaired) electrons. The molecule has 0 bridgehead atoms. The Morgan fingerprint density at radius 3 is 2.73 bits per heavy atom. The molecule has 0 spiro atoms. The van der Waals surface area contributed by atoms with Gasteiger partial charge in [0.2, 0.25) is 0 Å². The van der Waals surface area contributed by atoms with Gasteiger partial charge in [0, 0.05) is 16.5 Å². The Hall–Kier alpha value is -2.65. The van der Waals surface area contributed by atoms with Crippen LogP contribution < -0.4 is 5.43 Å². The molecular formula is C18H10ClNO2. The van der Waals surface area contributed by atoms with Crippen molar-refractivity contribution in [2.24, 2.45) is 0 Å². The zero-order valence-corrected chi connectivity index (χ0v) is 12.2. The number of hydrogen-bond donors (Lipinski definition) is 0. The van der Waals surface area contributed by atoms with Gasteiger partial charge in [-0.05, 0) is 30.3 Å². The van der Waals surface area contributed by atoms with Gasteiger partial charge in [-0.1, -0.05) is 35.9 Å². The quantitative estimate of drug-likeness (QED) is 0.513. The van der Waals surface area contributed by atoms with Crippen molar-refractivity contribution >= 4 is 33.5 Å². The molecule has 2 aromatic carbocycles. The van der Waals surface area contributed by atoms with Gasteiger partial charge in [0.1, 0.15) is 11.3 Å². The second kappa shape index (κ2) is 4.97. The first-order valence-corrected chi connectivity index (χ1v) is 7.18. The number of halogens is 1. The fourth-order valence-corrected chi connectivity index (χ4v) is 2.63. The molecule has 0 atom stereocenters. The van der Waals surface area contributed by atoms with Gasteiger partial charge in [-0.25, -0.2) is 4.98 Å². The highest BCUT2D eigenvalue weighted by Gasteiger charge is 2.09. The molecular weight excluding hydrogens is 298 g/mol. The third-order valence-electron chi connectivity index (χ3n) is 3.54. The number of para-hydroxylation sites is 1. The maximum atomic E-state index is 12.2. The fraction of sp³-hybridized carbons (Fsp3) is 0. The Kier molecular flexibility index (Phi) is 2.94. The van der Waals surface area contributed by atoms with Crippen molar-refractivity contribution in [1.82, 2.24) is 4.98 Å². The topological polar surface area (TPSA) is 43.1 Å². The number of fused-ring (bicyclic) bond motifs is 2. The molecule has 2 aromatic heterocycles. The molecule has 0 fully saturated rings. The second-order valence-electron chi connectivity index (χ2n) is 5.00. The Morgan fingerprint density at radius 2 is 1.82 bits per heavy atom. The van der Waals surface area contributed by atoms with Gasteiger partial charge in [0.15, 0.2) is 11.2 Å². The third-order valence-corrected chi connectivity index (χ3v) is 3.78. The van der Waals surface area contributed by atoms with E-state index in [0.29, 0.717) is 27.4 Å². The summed E-state index contributed by atoms with van der Waals surface area (Å²) in [5.41, 5.74) is 1.86. The van der Waals surface area contributed by atoms with Crippen LogP contribution in [0.25, 0.3) is 33.3 Å². The maximum absolute atomic E-state index is 12.2. The fourth-order valence-electron chi connectivity index (χ4n) is 2.46. The van der Waals surface area contributed by atoms with E-state index in [4.69, 9.17) is 16.0 Å². The van der Waals surface area contributed by atoms with Crippen molar-refractivity contribution < 1.29 is 4.42 Å². The van der Waals surface area contributed by atoms with Crippen LogP contribution >= 0.6 is 11.6 Å². The minimum absolute atomic E-state index is 0.131. The molecule has 22 heavy (non-hydrogen) atoms. The molecule has 0 aliphatic rings. The van der Waals surface area contributed by atoms with Crippen LogP contribution in [-0.2, 0) is 0 Å². The molecule has 4 aromatic rings. The molecule has 0 aliphatic carbocycles. The molecule has 3 nitrogen and oxygen atoms in total. The first-order valence-electron chi connectivity index (χ1n) is 6.80. The summed E-state index contributed by atoms with van der Waals surface area (Å²) in [6.07, 6.45) is 0. The van der Waals surface area contributed by atoms with E-state index in [0.717, 1.165) is 10.9 Å². The second-order valence-corrected chi connectivity index (χ2v) is 5.44. The number of nitrogens with zero attached hydrogens (tertiary/aromatic N) is 1. The largest absolute Gasteiger partial charge is 0.454 e.